The number of hydrogen-bond donors (Lipinski definition) is 1. The largest absolute Gasteiger partial charge is 0.508 e. The van der Waals surface area contributed by atoms with E-state index in [1.54, 1.807) is 6.07 Å². The van der Waals surface area contributed by atoms with Crippen molar-refractivity contribution in [1.82, 2.24) is 9.80 Å². The lowest BCUT2D eigenvalue weighted by atomic mass is 9.73. The highest BCUT2D eigenvalue weighted by Crippen LogP contribution is 2.44. The monoisotopic (exact) mass is 386 g/mol. The molecule has 28 heavy (non-hydrogen) atoms. The molecule has 0 spiro atoms. The van der Waals surface area contributed by atoms with E-state index in [4.69, 9.17) is 0 Å². The third kappa shape index (κ3) is 4.91. The molecule has 1 N–H and O–H groups in total. The van der Waals surface area contributed by atoms with Crippen molar-refractivity contribution in [1.29, 1.82) is 0 Å². The predicted octanol–water partition coefficient (Wildman–Crippen LogP) is 5.77. The maximum Gasteiger partial charge on any atom is 0.115 e. The van der Waals surface area contributed by atoms with Crippen LogP contribution in [0.15, 0.2) is 24.3 Å². The summed E-state index contributed by atoms with van der Waals surface area (Å²) >= 11 is 0. The van der Waals surface area contributed by atoms with E-state index in [0.717, 1.165) is 18.5 Å². The second-order valence-electron chi connectivity index (χ2n) is 9.38. The number of likely N-dealkylation sites (tertiary alicyclic amines) is 1. The molecule has 1 aromatic carbocycles. The van der Waals surface area contributed by atoms with Gasteiger partial charge in [-0.25, -0.2) is 0 Å². The minimum atomic E-state index is 0.0888. The van der Waals surface area contributed by atoms with Gasteiger partial charge < -0.3 is 10.0 Å². The molecular weight excluding hydrogens is 344 g/mol. The van der Waals surface area contributed by atoms with E-state index < -0.39 is 0 Å². The molecule has 0 aromatic heterocycles. The summed E-state index contributed by atoms with van der Waals surface area (Å²) < 4.78 is 0. The van der Waals surface area contributed by atoms with Crippen LogP contribution in [-0.2, 0) is 5.54 Å². The summed E-state index contributed by atoms with van der Waals surface area (Å²) in [7, 11) is 2.31. The van der Waals surface area contributed by atoms with E-state index in [-0.39, 0.29) is 5.54 Å². The maximum absolute atomic E-state index is 10.1. The van der Waals surface area contributed by atoms with Gasteiger partial charge >= 0.3 is 0 Å². The fraction of sp³-hybridized carbons (Fsp3) is 0.760. The average Bonchev–Trinajstić information content (AvgIpc) is 3.17. The molecule has 158 valence electrons. The molecule has 0 radical (unpaired) electrons. The molecule has 1 heterocycles. The zero-order chi connectivity index (χ0) is 20.0. The molecule has 1 aromatic rings. The Bertz CT molecular complexity index is 594. The molecule has 2 aliphatic rings. The Labute approximate surface area is 173 Å². The van der Waals surface area contributed by atoms with Crippen molar-refractivity contribution in [2.45, 2.75) is 89.6 Å². The highest BCUT2D eigenvalue weighted by molar-refractivity contribution is 5.33. The first-order valence-corrected chi connectivity index (χ1v) is 11.8. The quantitative estimate of drug-likeness (QED) is 0.545. The van der Waals surface area contributed by atoms with Crippen LogP contribution in [0, 0.1) is 5.92 Å². The van der Waals surface area contributed by atoms with Crippen molar-refractivity contribution in [3.63, 3.8) is 0 Å². The van der Waals surface area contributed by atoms with Crippen molar-refractivity contribution in [2.75, 3.05) is 26.7 Å². The summed E-state index contributed by atoms with van der Waals surface area (Å²) in [5.74, 6) is 1.34. The second-order valence-corrected chi connectivity index (χ2v) is 9.38. The molecule has 1 unspecified atom stereocenters. The van der Waals surface area contributed by atoms with Crippen molar-refractivity contribution < 1.29 is 5.11 Å². The summed E-state index contributed by atoms with van der Waals surface area (Å²) in [6, 6.07) is 8.84. The van der Waals surface area contributed by atoms with E-state index in [0.29, 0.717) is 5.75 Å². The molecular formula is C25H42N2O. The molecule has 1 aliphatic carbocycles. The number of nitrogens with zero attached hydrogens (tertiary/aromatic N) is 2. The molecule has 0 amide bonds. The topological polar surface area (TPSA) is 26.7 Å². The smallest absolute Gasteiger partial charge is 0.115 e. The molecule has 1 saturated carbocycles. The molecule has 3 nitrogen and oxygen atoms in total. The highest BCUT2D eigenvalue weighted by atomic mass is 16.3. The van der Waals surface area contributed by atoms with Crippen molar-refractivity contribution in [2.24, 2.45) is 5.92 Å². The van der Waals surface area contributed by atoms with Gasteiger partial charge in [-0.2, -0.15) is 0 Å². The Kier molecular flexibility index (Phi) is 7.82. The van der Waals surface area contributed by atoms with E-state index in [1.165, 1.54) is 82.9 Å². The predicted molar refractivity (Wildman–Crippen MR) is 119 cm³/mol. The molecule has 0 bridgehead atoms. The average molecular weight is 387 g/mol. The standard InChI is InChI=1S/C25H42N2O/c1-4-6-7-17-26(3)25(22-10-8-11-24(28)19-22)15-12-23(13-16-25)27-18-14-21(20-27)9-5-2/h8,10-11,19,21,23,28H,4-7,9,12-18,20H2,1-3H3. The Morgan fingerprint density at radius 3 is 2.57 bits per heavy atom. The van der Waals surface area contributed by atoms with Crippen LogP contribution in [0.3, 0.4) is 0 Å². The van der Waals surface area contributed by atoms with Crippen LogP contribution < -0.4 is 0 Å². The van der Waals surface area contributed by atoms with E-state index in [1.807, 2.05) is 12.1 Å². The van der Waals surface area contributed by atoms with Crippen molar-refractivity contribution in [3.05, 3.63) is 29.8 Å². The first-order valence-electron chi connectivity index (χ1n) is 11.8. The Morgan fingerprint density at radius 1 is 1.11 bits per heavy atom. The first-order chi connectivity index (χ1) is 13.6. The normalized spacial score (nSPS) is 28.9. The summed E-state index contributed by atoms with van der Waals surface area (Å²) in [4.78, 5) is 5.40. The van der Waals surface area contributed by atoms with Crippen molar-refractivity contribution >= 4 is 0 Å². The van der Waals surface area contributed by atoms with Gasteiger partial charge in [-0.15, -0.1) is 0 Å². The maximum atomic E-state index is 10.1. The highest BCUT2D eigenvalue weighted by Gasteiger charge is 2.42. The minimum Gasteiger partial charge on any atom is -0.508 e. The zero-order valence-corrected chi connectivity index (χ0v) is 18.5. The van der Waals surface area contributed by atoms with E-state index in [9.17, 15) is 5.11 Å². The lowest BCUT2D eigenvalue weighted by Gasteiger charge is -2.48. The Morgan fingerprint density at radius 2 is 1.89 bits per heavy atom. The van der Waals surface area contributed by atoms with Gasteiger partial charge in [-0.1, -0.05) is 45.2 Å². The molecule has 1 aliphatic heterocycles. The lowest BCUT2D eigenvalue weighted by molar-refractivity contribution is 0.0370. The van der Waals surface area contributed by atoms with Gasteiger partial charge in [0, 0.05) is 18.1 Å². The third-order valence-corrected chi connectivity index (χ3v) is 7.52. The van der Waals surface area contributed by atoms with Gasteiger partial charge in [0.25, 0.3) is 0 Å². The molecule has 2 fully saturated rings. The zero-order valence-electron chi connectivity index (χ0n) is 18.5. The fourth-order valence-corrected chi connectivity index (χ4v) is 5.78. The fourth-order valence-electron chi connectivity index (χ4n) is 5.78. The molecule has 3 rings (SSSR count). The van der Waals surface area contributed by atoms with Crippen LogP contribution in [0.2, 0.25) is 0 Å². The summed E-state index contributed by atoms with van der Waals surface area (Å²) in [5, 5.41) is 10.1. The molecule has 1 saturated heterocycles. The third-order valence-electron chi connectivity index (χ3n) is 7.52. The van der Waals surface area contributed by atoms with Gasteiger partial charge in [0.2, 0.25) is 0 Å². The molecule has 3 heteroatoms. The van der Waals surface area contributed by atoms with Gasteiger partial charge in [0.05, 0.1) is 0 Å². The van der Waals surface area contributed by atoms with Gasteiger partial charge in [0.15, 0.2) is 0 Å². The number of aromatic hydroxyl groups is 1. The number of rotatable bonds is 9. The number of phenols is 1. The molecule has 1 atom stereocenters. The van der Waals surface area contributed by atoms with Gasteiger partial charge in [0.1, 0.15) is 5.75 Å². The Hall–Kier alpha value is -1.06. The summed E-state index contributed by atoms with van der Waals surface area (Å²) in [5.41, 5.74) is 1.40. The minimum absolute atomic E-state index is 0.0888. The summed E-state index contributed by atoms with van der Waals surface area (Å²) in [6.07, 6.45) is 12.9. The number of hydrogen-bond acceptors (Lipinski definition) is 3. The Balaban J connectivity index is 1.69. The lowest BCUT2D eigenvalue weighted by Crippen LogP contribution is -2.50. The van der Waals surface area contributed by atoms with Crippen LogP contribution in [0.25, 0.3) is 0 Å². The van der Waals surface area contributed by atoms with Gasteiger partial charge in [-0.3, -0.25) is 4.90 Å². The first kappa shape index (κ1) is 21.6. The SMILES string of the molecule is CCCCCN(C)C1(c2cccc(O)c2)CCC(N2CCC(CCC)C2)CC1. The van der Waals surface area contributed by atoms with Crippen molar-refractivity contribution in [3.8, 4) is 5.75 Å². The van der Waals surface area contributed by atoms with Crippen LogP contribution in [-0.4, -0.2) is 47.6 Å². The van der Waals surface area contributed by atoms with Crippen LogP contribution in [0.5, 0.6) is 5.75 Å². The second kappa shape index (κ2) is 10.1. The van der Waals surface area contributed by atoms with Crippen LogP contribution >= 0.6 is 0 Å². The number of unbranched alkanes of at least 4 members (excludes halogenated alkanes) is 2. The number of benzene rings is 1. The van der Waals surface area contributed by atoms with Crippen LogP contribution in [0.4, 0.5) is 0 Å². The van der Waals surface area contributed by atoms with E-state index in [2.05, 4.69) is 36.8 Å². The van der Waals surface area contributed by atoms with Gasteiger partial charge in [-0.05, 0) is 88.7 Å². The number of phenolic OH excluding ortho intramolecular Hbond substituents is 1. The summed E-state index contributed by atoms with van der Waals surface area (Å²) in [6.45, 7) is 8.38. The van der Waals surface area contributed by atoms with Crippen LogP contribution in [0.1, 0.15) is 83.6 Å². The van der Waals surface area contributed by atoms with E-state index >= 15 is 0 Å².